The van der Waals surface area contributed by atoms with Crippen LogP contribution in [0.1, 0.15) is 10.4 Å². The van der Waals surface area contributed by atoms with Gasteiger partial charge in [-0.25, -0.2) is 9.18 Å². The van der Waals surface area contributed by atoms with Gasteiger partial charge in [0.2, 0.25) is 0 Å². The van der Waals surface area contributed by atoms with Crippen molar-refractivity contribution in [2.45, 2.75) is 0 Å². The molecule has 1 N–H and O–H groups in total. The van der Waals surface area contributed by atoms with Gasteiger partial charge in [0.25, 0.3) is 0 Å². The Morgan fingerprint density at radius 1 is 1.39 bits per heavy atom. The lowest BCUT2D eigenvalue weighted by atomic mass is 10.1. The Hall–Kier alpha value is -2.43. The molecular formula is C13H10FNO3. The lowest BCUT2D eigenvalue weighted by Gasteiger charge is -2.07. The molecule has 1 heterocycles. The molecule has 5 heteroatoms. The highest BCUT2D eigenvalue weighted by atomic mass is 19.1. The number of aromatic carboxylic acids is 1. The zero-order valence-electron chi connectivity index (χ0n) is 9.55. The quantitative estimate of drug-likeness (QED) is 0.905. The third-order valence-corrected chi connectivity index (χ3v) is 2.44. The third kappa shape index (κ3) is 2.29. The Balaban J connectivity index is 2.53. The predicted molar refractivity (Wildman–Crippen MR) is 63.1 cm³/mol. The monoisotopic (exact) mass is 247 g/mol. The molecule has 0 bridgehead atoms. The fourth-order valence-corrected chi connectivity index (χ4v) is 1.58. The minimum absolute atomic E-state index is 0.00763. The summed E-state index contributed by atoms with van der Waals surface area (Å²) in [5.74, 6) is -1.35. The molecule has 4 nitrogen and oxygen atoms in total. The van der Waals surface area contributed by atoms with Gasteiger partial charge in [0.15, 0.2) is 5.75 Å². The molecule has 0 saturated carbocycles. The van der Waals surface area contributed by atoms with E-state index in [1.54, 1.807) is 6.07 Å². The number of carbonyl (C=O) groups is 1. The van der Waals surface area contributed by atoms with E-state index in [0.717, 1.165) is 0 Å². The lowest BCUT2D eigenvalue weighted by Crippen LogP contribution is -2.02. The SMILES string of the molecule is COc1cnc(-c2cccc(F)c2)cc1C(=O)O. The molecule has 0 fully saturated rings. The average Bonchev–Trinajstić information content (AvgIpc) is 2.38. The maximum atomic E-state index is 13.1. The van der Waals surface area contributed by atoms with Gasteiger partial charge in [0, 0.05) is 5.56 Å². The highest BCUT2D eigenvalue weighted by molar-refractivity contribution is 5.92. The first-order valence-electron chi connectivity index (χ1n) is 5.15. The van der Waals surface area contributed by atoms with Gasteiger partial charge in [0.1, 0.15) is 11.4 Å². The molecule has 0 atom stereocenters. The number of benzene rings is 1. The van der Waals surface area contributed by atoms with Crippen molar-refractivity contribution in [3.63, 3.8) is 0 Å². The second kappa shape index (κ2) is 4.83. The van der Waals surface area contributed by atoms with E-state index < -0.39 is 11.8 Å². The van der Waals surface area contributed by atoms with Crippen LogP contribution in [0.5, 0.6) is 5.75 Å². The molecule has 1 aromatic carbocycles. The van der Waals surface area contributed by atoms with E-state index >= 15 is 0 Å². The van der Waals surface area contributed by atoms with Crippen LogP contribution < -0.4 is 4.74 Å². The maximum Gasteiger partial charge on any atom is 0.339 e. The summed E-state index contributed by atoms with van der Waals surface area (Å²) in [5.41, 5.74) is 0.889. The molecule has 0 radical (unpaired) electrons. The number of carboxylic acids is 1. The number of carboxylic acid groups (broad SMARTS) is 1. The number of aromatic nitrogens is 1. The zero-order chi connectivity index (χ0) is 13.1. The van der Waals surface area contributed by atoms with E-state index in [0.29, 0.717) is 11.3 Å². The van der Waals surface area contributed by atoms with Crippen LogP contribution in [0.4, 0.5) is 4.39 Å². The molecule has 0 aliphatic carbocycles. The predicted octanol–water partition coefficient (Wildman–Crippen LogP) is 2.59. The summed E-state index contributed by atoms with van der Waals surface area (Å²) in [4.78, 5) is 15.1. The molecule has 0 spiro atoms. The van der Waals surface area contributed by atoms with Gasteiger partial charge in [-0.2, -0.15) is 0 Å². The second-order valence-corrected chi connectivity index (χ2v) is 3.59. The van der Waals surface area contributed by atoms with Crippen molar-refractivity contribution in [3.05, 3.63) is 47.9 Å². The minimum atomic E-state index is -1.12. The normalized spacial score (nSPS) is 10.1. The number of methoxy groups -OCH3 is 1. The highest BCUT2D eigenvalue weighted by Crippen LogP contribution is 2.24. The summed E-state index contributed by atoms with van der Waals surface area (Å²) >= 11 is 0. The number of hydrogen-bond donors (Lipinski definition) is 1. The van der Waals surface area contributed by atoms with Crippen LogP contribution in [0.25, 0.3) is 11.3 Å². The Bertz CT molecular complexity index is 599. The van der Waals surface area contributed by atoms with Gasteiger partial charge in [-0.1, -0.05) is 12.1 Å². The van der Waals surface area contributed by atoms with Crippen molar-refractivity contribution in [2.24, 2.45) is 0 Å². The number of pyridine rings is 1. The first-order valence-corrected chi connectivity index (χ1v) is 5.15. The summed E-state index contributed by atoms with van der Waals surface area (Å²) < 4.78 is 18.0. The van der Waals surface area contributed by atoms with Crippen LogP contribution in [-0.4, -0.2) is 23.2 Å². The van der Waals surface area contributed by atoms with Crippen molar-refractivity contribution in [1.82, 2.24) is 4.98 Å². The van der Waals surface area contributed by atoms with Gasteiger partial charge < -0.3 is 9.84 Å². The molecule has 1 aromatic heterocycles. The van der Waals surface area contributed by atoms with Gasteiger partial charge in [-0.3, -0.25) is 4.98 Å². The second-order valence-electron chi connectivity index (χ2n) is 3.59. The van der Waals surface area contributed by atoms with Crippen LogP contribution in [0.2, 0.25) is 0 Å². The molecule has 2 aromatic rings. The third-order valence-electron chi connectivity index (χ3n) is 2.44. The summed E-state index contributed by atoms with van der Waals surface area (Å²) in [5, 5.41) is 9.04. The highest BCUT2D eigenvalue weighted by Gasteiger charge is 2.13. The van der Waals surface area contributed by atoms with E-state index in [1.165, 1.54) is 37.6 Å². The topological polar surface area (TPSA) is 59.4 Å². The van der Waals surface area contributed by atoms with Crippen molar-refractivity contribution in [2.75, 3.05) is 7.11 Å². The van der Waals surface area contributed by atoms with Crippen molar-refractivity contribution in [1.29, 1.82) is 0 Å². The Labute approximate surface area is 103 Å². The number of halogens is 1. The number of hydrogen-bond acceptors (Lipinski definition) is 3. The van der Waals surface area contributed by atoms with Crippen molar-refractivity contribution in [3.8, 4) is 17.0 Å². The van der Waals surface area contributed by atoms with Crippen LogP contribution in [0.3, 0.4) is 0 Å². The molecule has 2 rings (SSSR count). The van der Waals surface area contributed by atoms with Crippen molar-refractivity contribution < 1.29 is 19.0 Å². The number of rotatable bonds is 3. The molecule has 0 unspecified atom stereocenters. The van der Waals surface area contributed by atoms with Crippen molar-refractivity contribution >= 4 is 5.97 Å². The van der Waals surface area contributed by atoms with E-state index in [-0.39, 0.29) is 11.3 Å². The van der Waals surface area contributed by atoms with Crippen LogP contribution >= 0.6 is 0 Å². The Morgan fingerprint density at radius 3 is 2.78 bits per heavy atom. The van der Waals surface area contributed by atoms with Crippen LogP contribution in [-0.2, 0) is 0 Å². The number of nitrogens with zero attached hydrogens (tertiary/aromatic N) is 1. The van der Waals surface area contributed by atoms with Gasteiger partial charge in [-0.15, -0.1) is 0 Å². The fraction of sp³-hybridized carbons (Fsp3) is 0.0769. The molecule has 0 amide bonds. The molecule has 0 saturated heterocycles. The Morgan fingerprint density at radius 2 is 2.17 bits per heavy atom. The van der Waals surface area contributed by atoms with E-state index in [9.17, 15) is 9.18 Å². The largest absolute Gasteiger partial charge is 0.494 e. The van der Waals surface area contributed by atoms with E-state index in [1.807, 2.05) is 0 Å². The van der Waals surface area contributed by atoms with Gasteiger partial charge in [0.05, 0.1) is 19.0 Å². The maximum absolute atomic E-state index is 13.1. The fourth-order valence-electron chi connectivity index (χ4n) is 1.58. The van der Waals surface area contributed by atoms with Gasteiger partial charge >= 0.3 is 5.97 Å². The summed E-state index contributed by atoms with van der Waals surface area (Å²) in [6.45, 7) is 0. The molecular weight excluding hydrogens is 237 g/mol. The zero-order valence-corrected chi connectivity index (χ0v) is 9.55. The first kappa shape index (κ1) is 12.0. The first-order chi connectivity index (χ1) is 8.61. The number of ether oxygens (including phenoxy) is 1. The summed E-state index contributed by atoms with van der Waals surface area (Å²) in [6.07, 6.45) is 1.31. The lowest BCUT2D eigenvalue weighted by molar-refractivity contribution is 0.0693. The summed E-state index contributed by atoms with van der Waals surface area (Å²) in [6, 6.07) is 7.15. The average molecular weight is 247 g/mol. The smallest absolute Gasteiger partial charge is 0.339 e. The minimum Gasteiger partial charge on any atom is -0.494 e. The van der Waals surface area contributed by atoms with Crippen LogP contribution in [0, 0.1) is 5.82 Å². The molecule has 92 valence electrons. The van der Waals surface area contributed by atoms with E-state index in [4.69, 9.17) is 9.84 Å². The summed E-state index contributed by atoms with van der Waals surface area (Å²) in [7, 11) is 1.37. The molecule has 0 aliphatic rings. The van der Waals surface area contributed by atoms with E-state index in [2.05, 4.69) is 4.98 Å². The molecule has 0 aliphatic heterocycles. The van der Waals surface area contributed by atoms with Crippen LogP contribution in [0.15, 0.2) is 36.5 Å². The molecule has 18 heavy (non-hydrogen) atoms. The van der Waals surface area contributed by atoms with Gasteiger partial charge in [-0.05, 0) is 18.2 Å². The Kier molecular flexibility index (Phi) is 3.23. The standard InChI is InChI=1S/C13H10FNO3/c1-18-12-7-15-11(6-10(12)13(16)17)8-3-2-4-9(14)5-8/h2-7H,1H3,(H,16,17).